The summed E-state index contributed by atoms with van der Waals surface area (Å²) in [4.78, 5) is 51.5. The average molecular weight is 383 g/mol. The molecule has 11 nitrogen and oxygen atoms in total. The van der Waals surface area contributed by atoms with Gasteiger partial charge in [-0.3, -0.25) is 28.8 Å². The van der Waals surface area contributed by atoms with Crippen LogP contribution in [0.25, 0.3) is 0 Å². The Hall–Kier alpha value is -2.50. The summed E-state index contributed by atoms with van der Waals surface area (Å²) in [6.07, 6.45) is 1.26. The lowest BCUT2D eigenvalue weighted by Gasteiger charge is -2.26. The van der Waals surface area contributed by atoms with E-state index in [4.69, 9.17) is 4.74 Å². The molecule has 1 aromatic rings. The molecule has 2 rings (SSSR count). The van der Waals surface area contributed by atoms with E-state index in [1.165, 1.54) is 13.1 Å². The van der Waals surface area contributed by atoms with Crippen molar-refractivity contribution < 1.29 is 19.4 Å². The standard InChI is InChI=1S/C16H25N5O6/c1-11-8-21(16(26)19-14(11)24)9-13(23)18-12(10-22)15(25)17-2-3-20-4-6-27-7-5-20/h8,12,22H,2-7,9-10H2,1H3,(H,17,25)(H,18,23)(H,19,24,26)/t12-/m0/s1. The molecule has 1 aromatic heterocycles. The van der Waals surface area contributed by atoms with Gasteiger partial charge in [-0.25, -0.2) is 4.79 Å². The van der Waals surface area contributed by atoms with Gasteiger partial charge in [0.2, 0.25) is 11.8 Å². The van der Waals surface area contributed by atoms with Gasteiger partial charge in [0.05, 0.1) is 19.8 Å². The van der Waals surface area contributed by atoms with Crippen LogP contribution in [-0.2, 0) is 20.9 Å². The smallest absolute Gasteiger partial charge is 0.328 e. The molecule has 1 fully saturated rings. The topological polar surface area (TPSA) is 146 Å². The van der Waals surface area contributed by atoms with Crippen LogP contribution in [0.4, 0.5) is 0 Å². The first-order valence-electron chi connectivity index (χ1n) is 8.69. The highest BCUT2D eigenvalue weighted by atomic mass is 16.5. The Labute approximate surface area is 155 Å². The summed E-state index contributed by atoms with van der Waals surface area (Å²) in [7, 11) is 0. The molecular weight excluding hydrogens is 358 g/mol. The number of aliphatic hydroxyl groups excluding tert-OH is 1. The molecule has 4 N–H and O–H groups in total. The molecular formula is C16H25N5O6. The molecule has 0 aliphatic carbocycles. The minimum atomic E-state index is -1.12. The quantitative estimate of drug-likeness (QED) is 0.369. The maximum atomic E-state index is 12.1. The summed E-state index contributed by atoms with van der Waals surface area (Å²) in [5.41, 5.74) is -0.970. The lowest BCUT2D eigenvalue weighted by Crippen LogP contribution is -2.51. The molecule has 0 unspecified atom stereocenters. The van der Waals surface area contributed by atoms with Crippen molar-refractivity contribution >= 4 is 11.8 Å². The van der Waals surface area contributed by atoms with E-state index in [-0.39, 0.29) is 12.1 Å². The zero-order valence-corrected chi connectivity index (χ0v) is 15.2. The normalized spacial score (nSPS) is 15.9. The third kappa shape index (κ3) is 6.31. The fourth-order valence-corrected chi connectivity index (χ4v) is 2.61. The van der Waals surface area contributed by atoms with Gasteiger partial charge in [-0.15, -0.1) is 0 Å². The van der Waals surface area contributed by atoms with E-state index in [1.807, 2.05) is 0 Å². The number of carbonyl (C=O) groups excluding carboxylic acids is 2. The van der Waals surface area contributed by atoms with E-state index in [0.29, 0.717) is 26.3 Å². The van der Waals surface area contributed by atoms with Gasteiger partial charge in [-0.1, -0.05) is 0 Å². The van der Waals surface area contributed by atoms with Gasteiger partial charge in [-0.2, -0.15) is 0 Å². The Balaban J connectivity index is 1.83. The van der Waals surface area contributed by atoms with E-state index >= 15 is 0 Å². The second-order valence-electron chi connectivity index (χ2n) is 6.25. The number of aromatic nitrogens is 2. The first kappa shape index (κ1) is 20.8. The third-order valence-corrected chi connectivity index (χ3v) is 4.17. The number of rotatable bonds is 8. The summed E-state index contributed by atoms with van der Waals surface area (Å²) >= 11 is 0. The summed E-state index contributed by atoms with van der Waals surface area (Å²) in [6.45, 7) is 4.48. The van der Waals surface area contributed by atoms with Crippen molar-refractivity contribution in [1.82, 2.24) is 25.1 Å². The number of morpholine rings is 1. The number of aromatic amines is 1. The van der Waals surface area contributed by atoms with Crippen molar-refractivity contribution in [3.8, 4) is 0 Å². The Morgan fingerprint density at radius 1 is 1.33 bits per heavy atom. The second-order valence-corrected chi connectivity index (χ2v) is 6.25. The Morgan fingerprint density at radius 3 is 2.70 bits per heavy atom. The molecule has 1 saturated heterocycles. The van der Waals surface area contributed by atoms with E-state index in [0.717, 1.165) is 17.7 Å². The van der Waals surface area contributed by atoms with E-state index in [2.05, 4.69) is 20.5 Å². The number of amides is 2. The number of nitrogens with zero attached hydrogens (tertiary/aromatic N) is 2. The maximum absolute atomic E-state index is 12.1. The number of ether oxygens (including phenoxy) is 1. The summed E-state index contributed by atoms with van der Waals surface area (Å²) < 4.78 is 6.27. The zero-order valence-electron chi connectivity index (χ0n) is 15.2. The molecule has 2 amide bonds. The van der Waals surface area contributed by atoms with Crippen molar-refractivity contribution in [3.05, 3.63) is 32.6 Å². The molecule has 0 saturated carbocycles. The van der Waals surface area contributed by atoms with Crippen LogP contribution in [0, 0.1) is 6.92 Å². The molecule has 0 bridgehead atoms. The van der Waals surface area contributed by atoms with Gasteiger partial charge < -0.3 is 20.5 Å². The van der Waals surface area contributed by atoms with Crippen molar-refractivity contribution in [1.29, 1.82) is 0 Å². The van der Waals surface area contributed by atoms with Crippen LogP contribution in [0.1, 0.15) is 5.56 Å². The van der Waals surface area contributed by atoms with Crippen molar-refractivity contribution in [3.63, 3.8) is 0 Å². The molecule has 0 spiro atoms. The fourth-order valence-electron chi connectivity index (χ4n) is 2.61. The maximum Gasteiger partial charge on any atom is 0.328 e. The fraction of sp³-hybridized carbons (Fsp3) is 0.625. The highest BCUT2D eigenvalue weighted by Gasteiger charge is 2.20. The second kappa shape index (κ2) is 10.00. The van der Waals surface area contributed by atoms with Crippen LogP contribution in [0.15, 0.2) is 15.8 Å². The number of aryl methyl sites for hydroxylation is 1. The van der Waals surface area contributed by atoms with Crippen LogP contribution in [0.5, 0.6) is 0 Å². The van der Waals surface area contributed by atoms with Crippen LogP contribution >= 0.6 is 0 Å². The summed E-state index contributed by atoms with van der Waals surface area (Å²) in [6, 6.07) is -1.12. The van der Waals surface area contributed by atoms with Gasteiger partial charge in [0.15, 0.2) is 0 Å². The van der Waals surface area contributed by atoms with Crippen LogP contribution in [-0.4, -0.2) is 83.4 Å². The summed E-state index contributed by atoms with van der Waals surface area (Å²) in [5, 5.41) is 14.4. The van der Waals surface area contributed by atoms with Gasteiger partial charge in [0, 0.05) is 37.9 Å². The number of hydrogen-bond acceptors (Lipinski definition) is 7. The molecule has 2 heterocycles. The van der Waals surface area contributed by atoms with Crippen molar-refractivity contribution in [2.24, 2.45) is 0 Å². The molecule has 11 heteroatoms. The molecule has 1 aliphatic heterocycles. The van der Waals surface area contributed by atoms with Crippen LogP contribution < -0.4 is 21.9 Å². The summed E-state index contributed by atoms with van der Waals surface area (Å²) in [5.74, 6) is -1.14. The van der Waals surface area contributed by atoms with Gasteiger partial charge in [0.25, 0.3) is 5.56 Å². The predicted molar refractivity (Wildman–Crippen MR) is 95.3 cm³/mol. The average Bonchev–Trinajstić information content (AvgIpc) is 2.65. The molecule has 0 aromatic carbocycles. The molecule has 27 heavy (non-hydrogen) atoms. The number of nitrogens with one attached hydrogen (secondary N) is 3. The highest BCUT2D eigenvalue weighted by molar-refractivity contribution is 5.87. The lowest BCUT2D eigenvalue weighted by molar-refractivity contribution is -0.130. The molecule has 1 aliphatic rings. The van der Waals surface area contributed by atoms with Gasteiger partial charge in [0.1, 0.15) is 12.6 Å². The lowest BCUT2D eigenvalue weighted by atomic mass is 10.2. The van der Waals surface area contributed by atoms with Crippen LogP contribution in [0.3, 0.4) is 0 Å². The highest BCUT2D eigenvalue weighted by Crippen LogP contribution is 1.95. The molecule has 150 valence electrons. The molecule has 1 atom stereocenters. The Bertz CT molecular complexity index is 767. The first-order chi connectivity index (χ1) is 12.9. The van der Waals surface area contributed by atoms with Gasteiger partial charge >= 0.3 is 5.69 Å². The van der Waals surface area contributed by atoms with Crippen LogP contribution in [0.2, 0.25) is 0 Å². The largest absolute Gasteiger partial charge is 0.394 e. The zero-order chi connectivity index (χ0) is 19.8. The Kier molecular flexibility index (Phi) is 7.70. The van der Waals surface area contributed by atoms with E-state index in [9.17, 15) is 24.3 Å². The SMILES string of the molecule is Cc1cn(CC(=O)N[C@@H](CO)C(=O)NCCN2CCOCC2)c(=O)[nH]c1=O. The van der Waals surface area contributed by atoms with Gasteiger partial charge in [-0.05, 0) is 6.92 Å². The Morgan fingerprint density at radius 2 is 2.04 bits per heavy atom. The monoisotopic (exact) mass is 383 g/mol. The number of carbonyl (C=O) groups is 2. The molecule has 0 radical (unpaired) electrons. The van der Waals surface area contributed by atoms with E-state index < -0.39 is 35.7 Å². The minimum Gasteiger partial charge on any atom is -0.394 e. The predicted octanol–water partition coefficient (Wildman–Crippen LogP) is -3.23. The number of aliphatic hydroxyl groups is 1. The van der Waals surface area contributed by atoms with Crippen molar-refractivity contribution in [2.45, 2.75) is 19.5 Å². The number of hydrogen-bond donors (Lipinski definition) is 4. The first-order valence-corrected chi connectivity index (χ1v) is 8.69. The number of H-pyrrole nitrogens is 1. The third-order valence-electron chi connectivity index (χ3n) is 4.17. The van der Waals surface area contributed by atoms with Crippen molar-refractivity contribution in [2.75, 3.05) is 46.0 Å². The van der Waals surface area contributed by atoms with E-state index in [1.54, 1.807) is 0 Å². The minimum absolute atomic E-state index is 0.280.